The van der Waals surface area contributed by atoms with Crippen LogP contribution in [0.5, 0.6) is 17.2 Å². The number of piperidine rings is 1. The van der Waals surface area contributed by atoms with Crippen molar-refractivity contribution in [1.29, 1.82) is 0 Å². The third-order valence-corrected chi connectivity index (χ3v) is 6.65. The number of hydrogen-bond acceptors (Lipinski definition) is 5. The fraction of sp³-hybridized carbons (Fsp3) is 0.462. The number of ether oxygens (including phenoxy) is 2. The van der Waals surface area contributed by atoms with Gasteiger partial charge in [0.2, 0.25) is 11.8 Å². The lowest BCUT2D eigenvalue weighted by atomic mass is 9.84. The Morgan fingerprint density at radius 3 is 2.55 bits per heavy atom. The van der Waals surface area contributed by atoms with Crippen molar-refractivity contribution in [3.63, 3.8) is 0 Å². The van der Waals surface area contributed by atoms with Gasteiger partial charge in [-0.05, 0) is 35.4 Å². The van der Waals surface area contributed by atoms with Gasteiger partial charge in [-0.15, -0.1) is 0 Å². The summed E-state index contributed by atoms with van der Waals surface area (Å²) in [5, 5.41) is 13.8. The summed E-state index contributed by atoms with van der Waals surface area (Å²) < 4.78 is 10.9. The summed E-state index contributed by atoms with van der Waals surface area (Å²) in [5.74, 6) is 1.42. The third kappa shape index (κ3) is 4.77. The molecule has 2 heterocycles. The number of amides is 2. The van der Waals surface area contributed by atoms with Crippen LogP contribution in [0.2, 0.25) is 0 Å². The minimum Gasteiger partial charge on any atom is -0.507 e. The van der Waals surface area contributed by atoms with Crippen LogP contribution < -0.4 is 14.8 Å². The van der Waals surface area contributed by atoms with Crippen molar-refractivity contribution in [2.45, 2.75) is 39.0 Å². The molecule has 33 heavy (non-hydrogen) atoms. The number of nitrogens with zero attached hydrogens (tertiary/aromatic N) is 1. The number of anilines is 1. The Bertz CT molecular complexity index is 1060. The van der Waals surface area contributed by atoms with Gasteiger partial charge in [-0.2, -0.15) is 0 Å². The van der Waals surface area contributed by atoms with E-state index >= 15 is 0 Å². The van der Waals surface area contributed by atoms with Gasteiger partial charge in [0.1, 0.15) is 17.2 Å². The van der Waals surface area contributed by atoms with Crippen molar-refractivity contribution < 1.29 is 24.2 Å². The van der Waals surface area contributed by atoms with Crippen LogP contribution in [-0.2, 0) is 16.0 Å². The molecule has 4 rings (SSSR count). The van der Waals surface area contributed by atoms with Gasteiger partial charge in [-0.1, -0.05) is 26.0 Å². The lowest BCUT2D eigenvalue weighted by Gasteiger charge is -2.36. The first-order valence-electron chi connectivity index (χ1n) is 11.4. The molecule has 2 aliphatic rings. The Morgan fingerprint density at radius 2 is 1.88 bits per heavy atom. The number of phenols is 1. The summed E-state index contributed by atoms with van der Waals surface area (Å²) in [6, 6.07) is 8.99. The SMILES string of the molecule is COc1cc(O)c(C(CC(=O)N2CC(C)CC(C)C2)c2ccc3c(c2)CC(=O)N3)c(OC)c1. The van der Waals surface area contributed by atoms with Gasteiger partial charge in [0.25, 0.3) is 0 Å². The van der Waals surface area contributed by atoms with Crippen LogP contribution >= 0.6 is 0 Å². The molecule has 3 atom stereocenters. The lowest BCUT2D eigenvalue weighted by Crippen LogP contribution is -2.43. The smallest absolute Gasteiger partial charge is 0.228 e. The number of methoxy groups -OCH3 is 2. The van der Waals surface area contributed by atoms with Crippen LogP contribution in [0.25, 0.3) is 0 Å². The number of hydrogen-bond donors (Lipinski definition) is 2. The molecule has 2 aromatic rings. The zero-order valence-corrected chi connectivity index (χ0v) is 19.7. The van der Waals surface area contributed by atoms with Crippen LogP contribution in [0.15, 0.2) is 30.3 Å². The number of likely N-dealkylation sites (tertiary alicyclic amines) is 1. The number of aromatic hydroxyl groups is 1. The predicted molar refractivity (Wildman–Crippen MR) is 126 cm³/mol. The Balaban J connectivity index is 1.75. The molecule has 0 saturated carbocycles. The van der Waals surface area contributed by atoms with Gasteiger partial charge in [-0.3, -0.25) is 9.59 Å². The number of fused-ring (bicyclic) bond motifs is 1. The second kappa shape index (κ2) is 9.33. The van der Waals surface area contributed by atoms with E-state index in [1.54, 1.807) is 12.1 Å². The highest BCUT2D eigenvalue weighted by molar-refractivity contribution is 5.99. The average Bonchev–Trinajstić information content (AvgIpc) is 3.15. The summed E-state index contributed by atoms with van der Waals surface area (Å²) in [4.78, 5) is 27.3. The maximum atomic E-state index is 13.5. The lowest BCUT2D eigenvalue weighted by molar-refractivity contribution is -0.134. The maximum Gasteiger partial charge on any atom is 0.228 e. The Hall–Kier alpha value is -3.22. The molecule has 3 unspecified atom stereocenters. The van der Waals surface area contributed by atoms with E-state index in [0.717, 1.165) is 36.3 Å². The van der Waals surface area contributed by atoms with E-state index in [-0.39, 0.29) is 24.0 Å². The number of benzene rings is 2. The first kappa shape index (κ1) is 23.0. The quantitative estimate of drug-likeness (QED) is 0.693. The summed E-state index contributed by atoms with van der Waals surface area (Å²) >= 11 is 0. The molecule has 7 nitrogen and oxygen atoms in total. The number of rotatable bonds is 6. The number of nitrogens with one attached hydrogen (secondary N) is 1. The molecule has 176 valence electrons. The molecule has 0 spiro atoms. The Labute approximate surface area is 194 Å². The largest absolute Gasteiger partial charge is 0.507 e. The third-order valence-electron chi connectivity index (χ3n) is 6.65. The zero-order chi connectivity index (χ0) is 23.7. The molecule has 0 aliphatic carbocycles. The molecular weight excluding hydrogens is 420 g/mol. The highest BCUT2D eigenvalue weighted by atomic mass is 16.5. The molecule has 0 radical (unpaired) electrons. The van der Waals surface area contributed by atoms with Crippen LogP contribution in [0.1, 0.15) is 49.3 Å². The molecule has 2 aliphatic heterocycles. The summed E-state index contributed by atoms with van der Waals surface area (Å²) in [7, 11) is 3.06. The summed E-state index contributed by atoms with van der Waals surface area (Å²) in [6.07, 6.45) is 1.61. The fourth-order valence-electron chi connectivity index (χ4n) is 5.25. The molecule has 2 aromatic carbocycles. The van der Waals surface area contributed by atoms with Crippen molar-refractivity contribution >= 4 is 17.5 Å². The number of carbonyl (C=O) groups excluding carboxylic acids is 2. The van der Waals surface area contributed by atoms with E-state index in [4.69, 9.17) is 9.47 Å². The van der Waals surface area contributed by atoms with Gasteiger partial charge in [-0.25, -0.2) is 0 Å². The molecule has 1 saturated heterocycles. The Morgan fingerprint density at radius 1 is 1.15 bits per heavy atom. The minimum atomic E-state index is -0.438. The van der Waals surface area contributed by atoms with Crippen LogP contribution in [0.4, 0.5) is 5.69 Å². The normalized spacial score (nSPS) is 20.7. The summed E-state index contributed by atoms with van der Waals surface area (Å²) in [6.45, 7) is 5.83. The van der Waals surface area contributed by atoms with E-state index in [2.05, 4.69) is 19.2 Å². The minimum absolute atomic E-state index is 0.0130. The van der Waals surface area contributed by atoms with Crippen molar-refractivity contribution in [2.75, 3.05) is 32.6 Å². The number of carbonyl (C=O) groups is 2. The first-order valence-corrected chi connectivity index (χ1v) is 11.4. The van der Waals surface area contributed by atoms with Crippen LogP contribution in [-0.4, -0.2) is 49.1 Å². The average molecular weight is 453 g/mol. The maximum absolute atomic E-state index is 13.5. The first-order chi connectivity index (χ1) is 15.8. The van der Waals surface area contributed by atoms with E-state index in [0.29, 0.717) is 35.3 Å². The molecule has 0 bridgehead atoms. The van der Waals surface area contributed by atoms with Gasteiger partial charge < -0.3 is 24.8 Å². The molecule has 2 N–H and O–H groups in total. The van der Waals surface area contributed by atoms with E-state index in [9.17, 15) is 14.7 Å². The highest BCUT2D eigenvalue weighted by Gasteiger charge is 2.31. The zero-order valence-electron chi connectivity index (χ0n) is 19.7. The van der Waals surface area contributed by atoms with Crippen molar-refractivity contribution in [1.82, 2.24) is 4.90 Å². The van der Waals surface area contributed by atoms with E-state index < -0.39 is 5.92 Å². The van der Waals surface area contributed by atoms with Gasteiger partial charge >= 0.3 is 0 Å². The van der Waals surface area contributed by atoms with E-state index in [1.165, 1.54) is 14.2 Å². The van der Waals surface area contributed by atoms with Gasteiger partial charge in [0.15, 0.2) is 0 Å². The predicted octanol–water partition coefficient (Wildman–Crippen LogP) is 3.93. The van der Waals surface area contributed by atoms with Crippen LogP contribution in [0, 0.1) is 11.8 Å². The molecule has 0 aromatic heterocycles. The van der Waals surface area contributed by atoms with E-state index in [1.807, 2.05) is 23.1 Å². The summed E-state index contributed by atoms with van der Waals surface area (Å²) in [5.41, 5.74) is 3.08. The fourth-order valence-corrected chi connectivity index (χ4v) is 5.25. The van der Waals surface area contributed by atoms with Crippen molar-refractivity contribution in [2.24, 2.45) is 11.8 Å². The van der Waals surface area contributed by atoms with Gasteiger partial charge in [0, 0.05) is 48.8 Å². The molecule has 1 fully saturated rings. The Kier molecular flexibility index (Phi) is 6.49. The highest BCUT2D eigenvalue weighted by Crippen LogP contribution is 2.44. The second-order valence-electron chi connectivity index (χ2n) is 9.41. The monoisotopic (exact) mass is 452 g/mol. The molecule has 7 heteroatoms. The standard InChI is InChI=1S/C26H32N2O5/c1-15-7-16(2)14-28(13-15)25(31)12-20(17-5-6-21-18(8-17)9-24(30)27-21)26-22(29)10-19(32-3)11-23(26)33-4/h5-6,8,10-11,15-16,20,29H,7,9,12-14H2,1-4H3,(H,27,30). The van der Waals surface area contributed by atoms with Crippen molar-refractivity contribution in [3.8, 4) is 17.2 Å². The number of phenolic OH excluding ortho intramolecular Hbond substituents is 1. The molecular formula is C26H32N2O5. The topological polar surface area (TPSA) is 88.1 Å². The van der Waals surface area contributed by atoms with Gasteiger partial charge in [0.05, 0.1) is 20.6 Å². The van der Waals surface area contributed by atoms with Crippen LogP contribution in [0.3, 0.4) is 0 Å². The second-order valence-corrected chi connectivity index (χ2v) is 9.41. The molecule has 2 amide bonds. The van der Waals surface area contributed by atoms with Crippen molar-refractivity contribution in [3.05, 3.63) is 47.0 Å².